The van der Waals surface area contributed by atoms with Gasteiger partial charge in [0.2, 0.25) is 0 Å². The fourth-order valence-electron chi connectivity index (χ4n) is 8.81. The van der Waals surface area contributed by atoms with E-state index in [0.29, 0.717) is 0 Å². The van der Waals surface area contributed by atoms with E-state index >= 15 is 0 Å². The molecule has 2 nitrogen and oxygen atoms in total. The van der Waals surface area contributed by atoms with Crippen molar-refractivity contribution in [3.8, 4) is 44.8 Å². The number of aromatic nitrogens is 2. The van der Waals surface area contributed by atoms with Crippen molar-refractivity contribution in [2.45, 2.75) is 6.42 Å². The largest absolute Gasteiger partial charge is 0.313 e. The van der Waals surface area contributed by atoms with E-state index in [1.54, 1.807) is 0 Å². The van der Waals surface area contributed by atoms with E-state index in [9.17, 15) is 0 Å². The van der Waals surface area contributed by atoms with Crippen molar-refractivity contribution in [2.24, 2.45) is 0 Å². The zero-order valence-electron chi connectivity index (χ0n) is 31.4. The van der Waals surface area contributed by atoms with Crippen molar-refractivity contribution in [3.05, 3.63) is 229 Å². The summed E-state index contributed by atoms with van der Waals surface area (Å²) in [5.41, 5.74) is 18.3. The minimum absolute atomic E-state index is 0.835. The van der Waals surface area contributed by atoms with Crippen LogP contribution >= 0.6 is 0 Å². The lowest BCUT2D eigenvalue weighted by molar-refractivity contribution is 1.00. The average Bonchev–Trinajstić information content (AvgIpc) is 3.68. The Labute approximate surface area is 332 Å². The minimum Gasteiger partial charge on any atom is -0.313 e. The molecule has 2 heterocycles. The number of rotatable bonds is 6. The second kappa shape index (κ2) is 13.7. The van der Waals surface area contributed by atoms with Gasteiger partial charge in [-0.3, -0.25) is 0 Å². The molecule has 0 spiro atoms. The normalized spacial score (nSPS) is 12.5. The lowest BCUT2D eigenvalue weighted by atomic mass is 9.97. The van der Waals surface area contributed by atoms with Crippen LogP contribution in [0.15, 0.2) is 212 Å². The molecule has 57 heavy (non-hydrogen) atoms. The monoisotopic (exact) mass is 726 g/mol. The van der Waals surface area contributed by atoms with Gasteiger partial charge < -0.3 is 9.13 Å². The maximum atomic E-state index is 2.47. The molecule has 2 heteroatoms. The number of allylic oxidation sites excluding steroid dienone is 3. The van der Waals surface area contributed by atoms with Gasteiger partial charge in [-0.1, -0.05) is 164 Å². The van der Waals surface area contributed by atoms with Crippen molar-refractivity contribution < 1.29 is 0 Å². The van der Waals surface area contributed by atoms with Gasteiger partial charge >= 0.3 is 0 Å². The van der Waals surface area contributed by atoms with Gasteiger partial charge in [-0.25, -0.2) is 0 Å². The molecule has 1 aliphatic carbocycles. The maximum Gasteiger partial charge on any atom is 0.0544 e. The highest BCUT2D eigenvalue weighted by atomic mass is 15.0. The zero-order chi connectivity index (χ0) is 37.7. The molecular formula is C55H38N2. The lowest BCUT2D eigenvalue weighted by Crippen LogP contribution is -2.00. The highest BCUT2D eigenvalue weighted by Crippen LogP contribution is 2.40. The molecule has 0 saturated carbocycles. The molecule has 0 saturated heterocycles. The smallest absolute Gasteiger partial charge is 0.0544 e. The molecule has 0 amide bonds. The van der Waals surface area contributed by atoms with E-state index < -0.39 is 0 Å². The molecule has 2 aromatic heterocycles. The van der Waals surface area contributed by atoms with Crippen LogP contribution in [0.5, 0.6) is 0 Å². The van der Waals surface area contributed by atoms with Gasteiger partial charge in [-0.15, -0.1) is 0 Å². The highest BCUT2D eigenvalue weighted by molar-refractivity contribution is 6.11. The van der Waals surface area contributed by atoms with Gasteiger partial charge in [0.05, 0.1) is 16.6 Å². The molecule has 1 aliphatic rings. The van der Waals surface area contributed by atoms with Crippen molar-refractivity contribution in [3.63, 3.8) is 0 Å². The third-order valence-corrected chi connectivity index (χ3v) is 11.6. The minimum atomic E-state index is 0.835. The van der Waals surface area contributed by atoms with Crippen molar-refractivity contribution in [1.82, 2.24) is 9.13 Å². The van der Waals surface area contributed by atoms with Crippen LogP contribution in [0, 0.1) is 0 Å². The highest BCUT2D eigenvalue weighted by Gasteiger charge is 2.20. The number of hydrogen-bond donors (Lipinski definition) is 0. The molecule has 8 aromatic carbocycles. The molecule has 268 valence electrons. The van der Waals surface area contributed by atoms with E-state index in [2.05, 4.69) is 228 Å². The first-order valence-corrected chi connectivity index (χ1v) is 19.7. The Kier molecular flexibility index (Phi) is 7.93. The second-order valence-electron chi connectivity index (χ2n) is 14.9. The van der Waals surface area contributed by atoms with Crippen LogP contribution in [0.3, 0.4) is 0 Å². The van der Waals surface area contributed by atoms with Gasteiger partial charge in [0.1, 0.15) is 0 Å². The summed E-state index contributed by atoms with van der Waals surface area (Å²) in [6.07, 6.45) is 7.89. The summed E-state index contributed by atoms with van der Waals surface area (Å²) in [6.45, 7) is 0. The third-order valence-electron chi connectivity index (χ3n) is 11.6. The number of hydrogen-bond acceptors (Lipinski definition) is 0. The van der Waals surface area contributed by atoms with Crippen LogP contribution < -0.4 is 0 Å². The van der Waals surface area contributed by atoms with Gasteiger partial charge in [0.15, 0.2) is 0 Å². The number of para-hydroxylation sites is 3. The Bertz CT molecular complexity index is 3140. The van der Waals surface area contributed by atoms with Crippen LogP contribution in [0.2, 0.25) is 0 Å². The Hall–Kier alpha value is -7.42. The summed E-state index contributed by atoms with van der Waals surface area (Å²) in [4.78, 5) is 0. The fraction of sp³-hybridized carbons (Fsp3) is 0.0182. The van der Waals surface area contributed by atoms with E-state index in [4.69, 9.17) is 0 Å². The van der Waals surface area contributed by atoms with Gasteiger partial charge in [-0.2, -0.15) is 0 Å². The molecule has 0 fully saturated rings. The van der Waals surface area contributed by atoms with Gasteiger partial charge in [-0.05, 0) is 99.1 Å². The summed E-state index contributed by atoms with van der Waals surface area (Å²) in [5, 5.41) is 3.78. The van der Waals surface area contributed by atoms with Crippen LogP contribution in [0.4, 0.5) is 0 Å². The summed E-state index contributed by atoms with van der Waals surface area (Å²) in [6, 6.07) is 72.6. The molecule has 0 radical (unpaired) electrons. The van der Waals surface area contributed by atoms with Crippen molar-refractivity contribution in [1.29, 1.82) is 0 Å². The van der Waals surface area contributed by atoms with E-state index in [1.165, 1.54) is 99.9 Å². The Morgan fingerprint density at radius 1 is 0.333 bits per heavy atom. The van der Waals surface area contributed by atoms with Crippen LogP contribution in [-0.2, 0) is 6.42 Å². The Morgan fingerprint density at radius 2 is 0.842 bits per heavy atom. The Morgan fingerprint density at radius 3 is 1.51 bits per heavy atom. The van der Waals surface area contributed by atoms with Gasteiger partial charge in [0, 0.05) is 45.2 Å². The van der Waals surface area contributed by atoms with Crippen LogP contribution in [0.1, 0.15) is 16.8 Å². The molecule has 0 atom stereocenters. The molecule has 0 unspecified atom stereocenters. The lowest BCUT2D eigenvalue weighted by Gasteiger charge is -2.11. The molecule has 11 rings (SSSR count). The molecule has 0 N–H and O–H groups in total. The SMILES string of the molecule is C1=CC(c2ccc3c(c2)c2ccccc2n3-c2ccccc2)=Cc2c(n(-c3ccccc3)c3cc(-c4ccc(-c5ccc(-c6ccccc6)cc5)cc4)ccc23)C1. The quantitative estimate of drug-likeness (QED) is 0.161. The predicted octanol–water partition coefficient (Wildman–Crippen LogP) is 14.4. The molecule has 0 aliphatic heterocycles. The number of nitrogens with zero attached hydrogens (tertiary/aromatic N) is 2. The summed E-state index contributed by atoms with van der Waals surface area (Å²) in [5.74, 6) is 0. The van der Waals surface area contributed by atoms with Crippen molar-refractivity contribution >= 4 is 44.4 Å². The Balaban J connectivity index is 0.997. The zero-order valence-corrected chi connectivity index (χ0v) is 31.4. The van der Waals surface area contributed by atoms with E-state index in [-0.39, 0.29) is 0 Å². The van der Waals surface area contributed by atoms with Crippen molar-refractivity contribution in [2.75, 3.05) is 0 Å². The first-order valence-electron chi connectivity index (χ1n) is 19.7. The first kappa shape index (κ1) is 33.0. The summed E-state index contributed by atoms with van der Waals surface area (Å²) >= 11 is 0. The predicted molar refractivity (Wildman–Crippen MR) is 241 cm³/mol. The first-order chi connectivity index (χ1) is 28.3. The van der Waals surface area contributed by atoms with Crippen LogP contribution in [0.25, 0.3) is 89.1 Å². The van der Waals surface area contributed by atoms with E-state index in [0.717, 1.165) is 6.42 Å². The van der Waals surface area contributed by atoms with Gasteiger partial charge in [0.25, 0.3) is 0 Å². The molecular weight excluding hydrogens is 689 g/mol. The number of fused-ring (bicyclic) bond motifs is 6. The average molecular weight is 727 g/mol. The summed E-state index contributed by atoms with van der Waals surface area (Å²) in [7, 11) is 0. The second-order valence-corrected chi connectivity index (χ2v) is 14.9. The maximum absolute atomic E-state index is 2.47. The third kappa shape index (κ3) is 5.73. The molecule has 0 bridgehead atoms. The summed E-state index contributed by atoms with van der Waals surface area (Å²) < 4.78 is 4.85. The fourth-order valence-corrected chi connectivity index (χ4v) is 8.81. The molecule has 10 aromatic rings. The standard InChI is InChI=1S/C55H38N2/c1-4-13-38(14-5-1)39-23-25-40(26-24-39)41-27-29-42(30-28-41)45-31-33-49-51-35-43(15-12-22-53(51)57(55(49)37-45)47-18-8-3-9-19-47)44-32-34-54-50(36-44)48-20-10-11-21-52(48)56(54)46-16-6-2-7-17-46/h1-21,23-37H,22H2. The van der Waals surface area contributed by atoms with E-state index in [1.807, 2.05) is 0 Å². The van der Waals surface area contributed by atoms with Crippen LogP contribution in [-0.4, -0.2) is 9.13 Å². The number of benzene rings is 8. The topological polar surface area (TPSA) is 9.86 Å².